The maximum atomic E-state index is 12.0. The van der Waals surface area contributed by atoms with Crippen molar-refractivity contribution in [2.75, 3.05) is 19.7 Å². The van der Waals surface area contributed by atoms with Gasteiger partial charge in [-0.25, -0.2) is 13.1 Å². The van der Waals surface area contributed by atoms with Crippen molar-refractivity contribution in [3.05, 3.63) is 17.5 Å². The zero-order valence-corrected chi connectivity index (χ0v) is 15.2. The van der Waals surface area contributed by atoms with Gasteiger partial charge < -0.3 is 9.64 Å². The van der Waals surface area contributed by atoms with Gasteiger partial charge in [-0.1, -0.05) is 6.07 Å². The van der Waals surface area contributed by atoms with E-state index in [4.69, 9.17) is 4.74 Å². The largest absolute Gasteiger partial charge is 0.456 e. The Bertz CT molecular complexity index is 657. The molecule has 1 N–H and O–H groups in total. The summed E-state index contributed by atoms with van der Waals surface area (Å²) in [6.45, 7) is 2.32. The maximum absolute atomic E-state index is 12.0. The molecule has 1 amide bonds. The lowest BCUT2D eigenvalue weighted by Gasteiger charge is -2.33. The van der Waals surface area contributed by atoms with Crippen molar-refractivity contribution in [3.8, 4) is 0 Å². The van der Waals surface area contributed by atoms with Crippen molar-refractivity contribution in [2.45, 2.75) is 42.9 Å². The maximum Gasteiger partial charge on any atom is 0.307 e. The van der Waals surface area contributed by atoms with E-state index in [0.717, 1.165) is 30.6 Å². The number of nitrogens with zero attached hydrogens (tertiary/aromatic N) is 1. The van der Waals surface area contributed by atoms with Crippen LogP contribution in [0.2, 0.25) is 0 Å². The van der Waals surface area contributed by atoms with Gasteiger partial charge in [-0.2, -0.15) is 0 Å². The Hall–Kier alpha value is -1.45. The number of esters is 1. The van der Waals surface area contributed by atoms with Crippen molar-refractivity contribution >= 4 is 33.2 Å². The van der Waals surface area contributed by atoms with Gasteiger partial charge in [0.05, 0.1) is 6.42 Å². The molecule has 1 unspecified atom stereocenters. The van der Waals surface area contributed by atoms with Gasteiger partial charge in [0, 0.05) is 19.1 Å². The molecular weight excluding hydrogens is 352 g/mol. The van der Waals surface area contributed by atoms with Crippen molar-refractivity contribution in [1.29, 1.82) is 0 Å². The van der Waals surface area contributed by atoms with Gasteiger partial charge in [-0.15, -0.1) is 11.3 Å². The average Bonchev–Trinajstić information content (AvgIpc) is 3.08. The predicted octanol–water partition coefficient (Wildman–Crippen LogP) is 1.36. The highest BCUT2D eigenvalue weighted by atomic mass is 32.2. The van der Waals surface area contributed by atoms with Crippen LogP contribution in [0.1, 0.15) is 32.6 Å². The zero-order chi connectivity index (χ0) is 17.6. The van der Waals surface area contributed by atoms with Crippen molar-refractivity contribution in [3.63, 3.8) is 0 Å². The first-order valence-corrected chi connectivity index (χ1v) is 10.2. The van der Waals surface area contributed by atoms with E-state index in [1.165, 1.54) is 6.07 Å². The number of piperidine rings is 1. The number of hydrogen-bond acceptors (Lipinski definition) is 6. The second-order valence-corrected chi connectivity index (χ2v) is 8.61. The lowest BCUT2D eigenvalue weighted by Crippen LogP contribution is -2.44. The third-order valence-electron chi connectivity index (χ3n) is 3.86. The summed E-state index contributed by atoms with van der Waals surface area (Å²) in [5.74, 6) is -0.795. The molecule has 0 bridgehead atoms. The van der Waals surface area contributed by atoms with E-state index in [1.54, 1.807) is 16.3 Å². The van der Waals surface area contributed by atoms with Crippen LogP contribution in [0.4, 0.5) is 0 Å². The fourth-order valence-electron chi connectivity index (χ4n) is 2.54. The summed E-state index contributed by atoms with van der Waals surface area (Å²) in [4.78, 5) is 25.4. The Morgan fingerprint density at radius 1 is 1.42 bits per heavy atom. The van der Waals surface area contributed by atoms with Crippen molar-refractivity contribution < 1.29 is 22.7 Å². The number of nitrogens with one attached hydrogen (secondary N) is 1. The number of rotatable bonds is 7. The Morgan fingerprint density at radius 2 is 2.21 bits per heavy atom. The summed E-state index contributed by atoms with van der Waals surface area (Å²) in [6.07, 6.45) is 2.92. The smallest absolute Gasteiger partial charge is 0.307 e. The Labute approximate surface area is 146 Å². The molecular formula is C15H22N2O5S2. The molecule has 134 valence electrons. The van der Waals surface area contributed by atoms with E-state index in [2.05, 4.69) is 4.72 Å². The van der Waals surface area contributed by atoms with Crippen LogP contribution in [0.3, 0.4) is 0 Å². The first-order chi connectivity index (χ1) is 11.4. The van der Waals surface area contributed by atoms with E-state index >= 15 is 0 Å². The summed E-state index contributed by atoms with van der Waals surface area (Å²) in [5.41, 5.74) is 0. The molecule has 0 radical (unpaired) electrons. The number of carbonyl (C=O) groups is 2. The topological polar surface area (TPSA) is 92.8 Å². The van der Waals surface area contributed by atoms with Crippen LogP contribution in [0.5, 0.6) is 0 Å². The summed E-state index contributed by atoms with van der Waals surface area (Å²) < 4.78 is 31.2. The van der Waals surface area contributed by atoms with Gasteiger partial charge in [0.1, 0.15) is 4.21 Å². The second-order valence-electron chi connectivity index (χ2n) is 5.67. The monoisotopic (exact) mass is 374 g/mol. The highest BCUT2D eigenvalue weighted by Gasteiger charge is 2.24. The minimum absolute atomic E-state index is 0.0621. The van der Waals surface area contributed by atoms with E-state index in [9.17, 15) is 18.0 Å². The number of thiophene rings is 1. The van der Waals surface area contributed by atoms with Gasteiger partial charge in [0.15, 0.2) is 6.61 Å². The molecule has 1 fully saturated rings. The van der Waals surface area contributed by atoms with Gasteiger partial charge in [-0.05, 0) is 37.6 Å². The molecule has 0 aromatic carbocycles. The second kappa shape index (κ2) is 8.59. The normalized spacial score (nSPS) is 18.4. The Balaban J connectivity index is 1.69. The molecule has 2 heterocycles. The Kier molecular flexibility index (Phi) is 6.76. The molecule has 7 nitrogen and oxygen atoms in total. The number of amides is 1. The third kappa shape index (κ3) is 5.29. The van der Waals surface area contributed by atoms with Gasteiger partial charge in [-0.3, -0.25) is 9.59 Å². The van der Waals surface area contributed by atoms with E-state index in [1.807, 2.05) is 6.92 Å². The zero-order valence-electron chi connectivity index (χ0n) is 13.6. The molecule has 0 spiro atoms. The third-order valence-corrected chi connectivity index (χ3v) is 6.72. The predicted molar refractivity (Wildman–Crippen MR) is 90.1 cm³/mol. The molecule has 9 heteroatoms. The lowest BCUT2D eigenvalue weighted by molar-refractivity contribution is -0.153. The van der Waals surface area contributed by atoms with Crippen LogP contribution < -0.4 is 4.72 Å². The molecule has 0 saturated carbocycles. The number of likely N-dealkylation sites (tertiary alicyclic amines) is 1. The molecule has 1 saturated heterocycles. The highest BCUT2D eigenvalue weighted by molar-refractivity contribution is 7.91. The molecule has 1 atom stereocenters. The first kappa shape index (κ1) is 18.9. The molecule has 1 aliphatic heterocycles. The fraction of sp³-hybridized carbons (Fsp3) is 0.600. The van der Waals surface area contributed by atoms with Crippen molar-refractivity contribution in [1.82, 2.24) is 9.62 Å². The first-order valence-electron chi connectivity index (χ1n) is 7.88. The van der Waals surface area contributed by atoms with E-state index < -0.39 is 16.0 Å². The lowest BCUT2D eigenvalue weighted by atomic mass is 10.0. The summed E-state index contributed by atoms with van der Waals surface area (Å²) in [5, 5.41) is 1.66. The Morgan fingerprint density at radius 3 is 2.88 bits per heavy atom. The average molecular weight is 374 g/mol. The van der Waals surface area contributed by atoms with E-state index in [0.29, 0.717) is 6.54 Å². The number of ether oxygens (including phenoxy) is 1. The van der Waals surface area contributed by atoms with Crippen LogP contribution >= 0.6 is 11.3 Å². The highest BCUT2D eigenvalue weighted by Crippen LogP contribution is 2.16. The molecule has 0 aliphatic carbocycles. The minimum atomic E-state index is -3.58. The summed E-state index contributed by atoms with van der Waals surface area (Å²) >= 11 is 1.10. The minimum Gasteiger partial charge on any atom is -0.456 e. The summed E-state index contributed by atoms with van der Waals surface area (Å²) in [7, 11) is -3.58. The number of sulfonamides is 1. The summed E-state index contributed by atoms with van der Waals surface area (Å²) in [6, 6.07) is 3.30. The molecule has 2 rings (SSSR count). The standard InChI is InChI=1S/C15H22N2O5S2/c1-12-5-2-3-9-17(12)13(18)11-22-14(19)7-8-16-24(20,21)15-6-4-10-23-15/h4,6,10,12,16H,2-3,5,7-9,11H2,1H3. The van der Waals surface area contributed by atoms with Crippen LogP contribution in [-0.4, -0.2) is 50.9 Å². The molecule has 1 aromatic rings. The van der Waals surface area contributed by atoms with Gasteiger partial charge in [0.2, 0.25) is 10.0 Å². The molecule has 24 heavy (non-hydrogen) atoms. The van der Waals surface area contributed by atoms with Crippen LogP contribution in [0, 0.1) is 0 Å². The van der Waals surface area contributed by atoms with Crippen LogP contribution in [-0.2, 0) is 24.3 Å². The van der Waals surface area contributed by atoms with Crippen LogP contribution in [0.25, 0.3) is 0 Å². The molecule has 1 aliphatic rings. The fourth-order valence-corrected chi connectivity index (χ4v) is 4.61. The quantitative estimate of drug-likeness (QED) is 0.728. The molecule has 1 aromatic heterocycles. The van der Waals surface area contributed by atoms with Gasteiger partial charge >= 0.3 is 5.97 Å². The van der Waals surface area contributed by atoms with Gasteiger partial charge in [0.25, 0.3) is 5.91 Å². The van der Waals surface area contributed by atoms with E-state index in [-0.39, 0.29) is 35.7 Å². The van der Waals surface area contributed by atoms with Crippen LogP contribution in [0.15, 0.2) is 21.7 Å². The number of carbonyl (C=O) groups excluding carboxylic acids is 2. The number of hydrogen-bond donors (Lipinski definition) is 1. The van der Waals surface area contributed by atoms with Crippen molar-refractivity contribution in [2.24, 2.45) is 0 Å². The SMILES string of the molecule is CC1CCCCN1C(=O)COC(=O)CCNS(=O)(=O)c1cccs1.